The lowest BCUT2D eigenvalue weighted by Gasteiger charge is -2.07. The van der Waals surface area contributed by atoms with Crippen LogP contribution in [0.15, 0.2) is 41.4 Å². The van der Waals surface area contributed by atoms with Gasteiger partial charge in [-0.2, -0.15) is 0 Å². The van der Waals surface area contributed by atoms with E-state index in [1.807, 2.05) is 12.1 Å². The largest absolute Gasteiger partial charge is 0.496 e. The van der Waals surface area contributed by atoms with E-state index in [-0.39, 0.29) is 0 Å². The molecule has 2 aromatic rings. The molecule has 0 unspecified atom stereocenters. The first kappa shape index (κ1) is 10.2. The van der Waals surface area contributed by atoms with Gasteiger partial charge in [0, 0.05) is 10.0 Å². The van der Waals surface area contributed by atoms with Crippen LogP contribution in [0, 0.1) is 0 Å². The molecular weight excluding hydrogens is 252 g/mol. The number of halogens is 1. The maximum absolute atomic E-state index is 5.29. The Balaban J connectivity index is 2.75. The molecule has 0 heterocycles. The molecule has 0 aliphatic rings. The Bertz CT molecular complexity index is 517. The van der Waals surface area contributed by atoms with Crippen molar-refractivity contribution in [1.29, 1.82) is 0 Å². The van der Waals surface area contributed by atoms with Crippen LogP contribution in [-0.4, -0.2) is 7.11 Å². The predicted octanol–water partition coefficient (Wildman–Crippen LogP) is 4.25. The number of rotatable bonds is 2. The standard InChI is InChI=1S/C13H11BrO/c1-3-9-6-11-7-12(14)5-4-10(11)8-13(9)15-2/h3-8H,1H2,2H3. The van der Waals surface area contributed by atoms with E-state index >= 15 is 0 Å². The van der Waals surface area contributed by atoms with E-state index in [4.69, 9.17) is 4.74 Å². The Kier molecular flexibility index (Phi) is 2.78. The molecule has 2 heteroatoms. The van der Waals surface area contributed by atoms with Crippen LogP contribution >= 0.6 is 15.9 Å². The lowest BCUT2D eigenvalue weighted by molar-refractivity contribution is 0.414. The maximum Gasteiger partial charge on any atom is 0.126 e. The molecule has 0 aliphatic heterocycles. The van der Waals surface area contributed by atoms with Gasteiger partial charge in [-0.05, 0) is 35.0 Å². The van der Waals surface area contributed by atoms with Gasteiger partial charge in [0.15, 0.2) is 0 Å². The summed E-state index contributed by atoms with van der Waals surface area (Å²) in [4.78, 5) is 0. The minimum absolute atomic E-state index is 0.861. The second-order valence-corrected chi connectivity index (χ2v) is 4.21. The summed E-state index contributed by atoms with van der Waals surface area (Å²) < 4.78 is 6.37. The monoisotopic (exact) mass is 262 g/mol. The molecule has 0 fully saturated rings. The van der Waals surface area contributed by atoms with E-state index < -0.39 is 0 Å². The van der Waals surface area contributed by atoms with Gasteiger partial charge in [-0.1, -0.05) is 34.7 Å². The van der Waals surface area contributed by atoms with Gasteiger partial charge in [0.2, 0.25) is 0 Å². The summed E-state index contributed by atoms with van der Waals surface area (Å²) in [6, 6.07) is 10.3. The van der Waals surface area contributed by atoms with E-state index in [2.05, 4.69) is 40.7 Å². The van der Waals surface area contributed by atoms with Crippen molar-refractivity contribution in [2.75, 3.05) is 7.11 Å². The summed E-state index contributed by atoms with van der Waals surface area (Å²) in [6.45, 7) is 3.78. The minimum atomic E-state index is 0.861. The van der Waals surface area contributed by atoms with E-state index in [9.17, 15) is 0 Å². The van der Waals surface area contributed by atoms with Crippen LogP contribution in [0.3, 0.4) is 0 Å². The first-order valence-corrected chi connectivity index (χ1v) is 5.43. The lowest BCUT2D eigenvalue weighted by Crippen LogP contribution is -1.87. The molecule has 0 spiro atoms. The topological polar surface area (TPSA) is 9.23 Å². The average Bonchev–Trinajstić information content (AvgIpc) is 2.27. The van der Waals surface area contributed by atoms with Crippen LogP contribution in [0.2, 0.25) is 0 Å². The SMILES string of the molecule is C=Cc1cc2cc(Br)ccc2cc1OC. The van der Waals surface area contributed by atoms with Crippen LogP contribution < -0.4 is 4.74 Å². The second kappa shape index (κ2) is 4.07. The zero-order chi connectivity index (χ0) is 10.8. The third-order valence-corrected chi connectivity index (χ3v) is 2.86. The van der Waals surface area contributed by atoms with Gasteiger partial charge in [0.05, 0.1) is 7.11 Å². The summed E-state index contributed by atoms with van der Waals surface area (Å²) in [5.41, 5.74) is 1.02. The highest BCUT2D eigenvalue weighted by Gasteiger charge is 2.02. The molecule has 0 radical (unpaired) electrons. The van der Waals surface area contributed by atoms with Gasteiger partial charge in [-0.25, -0.2) is 0 Å². The summed E-state index contributed by atoms with van der Waals surface area (Å²) in [6.07, 6.45) is 1.80. The fourth-order valence-corrected chi connectivity index (χ4v) is 1.98. The van der Waals surface area contributed by atoms with Crippen molar-refractivity contribution in [2.45, 2.75) is 0 Å². The normalized spacial score (nSPS) is 10.3. The van der Waals surface area contributed by atoms with E-state index in [1.54, 1.807) is 13.2 Å². The molecule has 0 bridgehead atoms. The Morgan fingerprint density at radius 3 is 2.67 bits per heavy atom. The van der Waals surface area contributed by atoms with Crippen LogP contribution in [0.25, 0.3) is 16.8 Å². The van der Waals surface area contributed by atoms with Crippen LogP contribution in [0.1, 0.15) is 5.56 Å². The van der Waals surface area contributed by atoms with Crippen molar-refractivity contribution in [2.24, 2.45) is 0 Å². The second-order valence-electron chi connectivity index (χ2n) is 3.29. The molecule has 0 aliphatic carbocycles. The number of hydrogen-bond acceptors (Lipinski definition) is 1. The molecule has 2 rings (SSSR count). The number of benzene rings is 2. The molecule has 15 heavy (non-hydrogen) atoms. The van der Waals surface area contributed by atoms with Gasteiger partial charge in [-0.3, -0.25) is 0 Å². The number of ether oxygens (including phenoxy) is 1. The van der Waals surface area contributed by atoms with Crippen LogP contribution in [0.5, 0.6) is 5.75 Å². The Morgan fingerprint density at radius 1 is 1.20 bits per heavy atom. The Hall–Kier alpha value is -1.28. The highest BCUT2D eigenvalue weighted by molar-refractivity contribution is 9.10. The number of methoxy groups -OCH3 is 1. The molecule has 0 saturated carbocycles. The van der Waals surface area contributed by atoms with E-state index in [0.29, 0.717) is 0 Å². The molecule has 2 aromatic carbocycles. The molecule has 0 atom stereocenters. The highest BCUT2D eigenvalue weighted by Crippen LogP contribution is 2.28. The molecular formula is C13H11BrO. The predicted molar refractivity (Wildman–Crippen MR) is 68.3 cm³/mol. The first-order valence-electron chi connectivity index (χ1n) is 4.64. The molecule has 0 amide bonds. The average molecular weight is 263 g/mol. The molecule has 0 saturated heterocycles. The molecule has 1 nitrogen and oxygen atoms in total. The van der Waals surface area contributed by atoms with Gasteiger partial charge >= 0.3 is 0 Å². The molecule has 0 aromatic heterocycles. The lowest BCUT2D eigenvalue weighted by atomic mass is 10.1. The smallest absolute Gasteiger partial charge is 0.126 e. The summed E-state index contributed by atoms with van der Waals surface area (Å²) in [5.74, 6) is 0.861. The van der Waals surface area contributed by atoms with Crippen molar-refractivity contribution < 1.29 is 4.74 Å². The number of fused-ring (bicyclic) bond motifs is 1. The van der Waals surface area contributed by atoms with Crippen molar-refractivity contribution >= 4 is 32.8 Å². The third-order valence-electron chi connectivity index (χ3n) is 2.37. The van der Waals surface area contributed by atoms with Crippen molar-refractivity contribution in [3.8, 4) is 5.75 Å². The van der Waals surface area contributed by atoms with Crippen LogP contribution in [-0.2, 0) is 0 Å². The van der Waals surface area contributed by atoms with Crippen molar-refractivity contribution in [3.63, 3.8) is 0 Å². The van der Waals surface area contributed by atoms with Gasteiger partial charge in [0.1, 0.15) is 5.75 Å². The zero-order valence-corrected chi connectivity index (χ0v) is 10.0. The fourth-order valence-electron chi connectivity index (χ4n) is 1.60. The maximum atomic E-state index is 5.29. The molecule has 76 valence electrons. The summed E-state index contributed by atoms with van der Waals surface area (Å²) >= 11 is 3.46. The Labute approximate surface area is 97.5 Å². The van der Waals surface area contributed by atoms with E-state index in [0.717, 1.165) is 15.8 Å². The summed E-state index contributed by atoms with van der Waals surface area (Å²) in [7, 11) is 1.67. The van der Waals surface area contributed by atoms with Crippen LogP contribution in [0.4, 0.5) is 0 Å². The first-order chi connectivity index (χ1) is 7.24. The molecule has 0 N–H and O–H groups in total. The highest BCUT2D eigenvalue weighted by atomic mass is 79.9. The van der Waals surface area contributed by atoms with Crippen molar-refractivity contribution in [1.82, 2.24) is 0 Å². The number of hydrogen-bond donors (Lipinski definition) is 0. The van der Waals surface area contributed by atoms with Gasteiger partial charge < -0.3 is 4.74 Å². The fraction of sp³-hybridized carbons (Fsp3) is 0.0769. The summed E-state index contributed by atoms with van der Waals surface area (Å²) in [5, 5.41) is 2.35. The minimum Gasteiger partial charge on any atom is -0.496 e. The van der Waals surface area contributed by atoms with Gasteiger partial charge in [-0.15, -0.1) is 0 Å². The quantitative estimate of drug-likeness (QED) is 0.786. The van der Waals surface area contributed by atoms with Gasteiger partial charge in [0.25, 0.3) is 0 Å². The Morgan fingerprint density at radius 2 is 2.00 bits per heavy atom. The van der Waals surface area contributed by atoms with E-state index in [1.165, 1.54) is 10.8 Å². The third kappa shape index (κ3) is 1.90. The van der Waals surface area contributed by atoms with Crippen molar-refractivity contribution in [3.05, 3.63) is 46.9 Å². The zero-order valence-electron chi connectivity index (χ0n) is 8.46.